The fourth-order valence-electron chi connectivity index (χ4n) is 4.48. The molecule has 1 amide bonds. The summed E-state index contributed by atoms with van der Waals surface area (Å²) in [5.74, 6) is -0.315. The summed E-state index contributed by atoms with van der Waals surface area (Å²) in [4.78, 5) is 17.0. The van der Waals surface area contributed by atoms with Crippen LogP contribution in [0, 0.1) is 19.7 Å². The van der Waals surface area contributed by atoms with Gasteiger partial charge in [-0.25, -0.2) is 12.8 Å². The number of carbonyl (C=O) groups is 1. The number of halogens is 1. The number of hydrogen-bond donors (Lipinski definition) is 0. The Kier molecular flexibility index (Phi) is 7.12. The predicted octanol–water partition coefficient (Wildman–Crippen LogP) is 4.37. The van der Waals surface area contributed by atoms with Crippen molar-refractivity contribution >= 4 is 27.3 Å². The zero-order chi connectivity index (χ0) is 25.2. The highest BCUT2D eigenvalue weighted by Crippen LogP contribution is 2.28. The van der Waals surface area contributed by atoms with Gasteiger partial charge in [-0.15, -0.1) is 0 Å². The highest BCUT2D eigenvalue weighted by atomic mass is 32.2. The molecular formula is C27H30FN3O3S. The van der Waals surface area contributed by atoms with Crippen molar-refractivity contribution in [3.8, 4) is 0 Å². The first-order valence-corrected chi connectivity index (χ1v) is 13.4. The first kappa shape index (κ1) is 24.7. The van der Waals surface area contributed by atoms with Gasteiger partial charge in [0.15, 0.2) is 0 Å². The Labute approximate surface area is 206 Å². The number of rotatable bonds is 6. The van der Waals surface area contributed by atoms with Crippen LogP contribution in [0.1, 0.15) is 27.0 Å². The largest absolute Gasteiger partial charge is 0.368 e. The molecule has 0 unspecified atom stereocenters. The summed E-state index contributed by atoms with van der Waals surface area (Å²) in [5, 5.41) is 0. The summed E-state index contributed by atoms with van der Waals surface area (Å²) in [6, 6.07) is 19.3. The molecule has 1 fully saturated rings. The third kappa shape index (κ3) is 5.65. The fraction of sp³-hybridized carbons (Fsp3) is 0.296. The van der Waals surface area contributed by atoms with Crippen molar-refractivity contribution in [3.63, 3.8) is 0 Å². The van der Waals surface area contributed by atoms with E-state index < -0.39 is 10.0 Å². The van der Waals surface area contributed by atoms with E-state index in [0.717, 1.165) is 22.4 Å². The van der Waals surface area contributed by atoms with E-state index >= 15 is 0 Å². The molecule has 184 valence electrons. The Morgan fingerprint density at radius 2 is 1.46 bits per heavy atom. The molecule has 0 atom stereocenters. The molecule has 1 saturated heterocycles. The van der Waals surface area contributed by atoms with E-state index in [-0.39, 0.29) is 18.3 Å². The number of anilines is 2. The van der Waals surface area contributed by atoms with Gasteiger partial charge in [-0.1, -0.05) is 30.3 Å². The van der Waals surface area contributed by atoms with Crippen LogP contribution in [0.3, 0.4) is 0 Å². The Morgan fingerprint density at radius 3 is 2.00 bits per heavy atom. The number of carbonyl (C=O) groups excluding carboxylic acids is 1. The van der Waals surface area contributed by atoms with Crippen LogP contribution in [0.15, 0.2) is 66.7 Å². The summed E-state index contributed by atoms with van der Waals surface area (Å²) in [6.07, 6.45) is 1.21. The van der Waals surface area contributed by atoms with Crippen molar-refractivity contribution < 1.29 is 17.6 Å². The lowest BCUT2D eigenvalue weighted by Crippen LogP contribution is -2.48. The maximum Gasteiger partial charge on any atom is 0.253 e. The Hall–Kier alpha value is -3.39. The molecular weight excluding hydrogens is 465 g/mol. The average Bonchev–Trinajstić information content (AvgIpc) is 2.83. The number of sulfonamides is 1. The van der Waals surface area contributed by atoms with E-state index in [2.05, 4.69) is 4.90 Å². The van der Waals surface area contributed by atoms with E-state index in [1.165, 1.54) is 22.7 Å². The number of hydrogen-bond acceptors (Lipinski definition) is 4. The molecule has 0 N–H and O–H groups in total. The van der Waals surface area contributed by atoms with Crippen LogP contribution < -0.4 is 9.21 Å². The van der Waals surface area contributed by atoms with Crippen LogP contribution in [0.5, 0.6) is 0 Å². The van der Waals surface area contributed by atoms with Crippen LogP contribution in [0.25, 0.3) is 0 Å². The van der Waals surface area contributed by atoms with Crippen molar-refractivity contribution in [3.05, 3.63) is 94.8 Å². The van der Waals surface area contributed by atoms with Crippen molar-refractivity contribution in [2.24, 2.45) is 0 Å². The number of para-hydroxylation sites is 1. The van der Waals surface area contributed by atoms with Crippen LogP contribution in [-0.2, 0) is 16.6 Å². The summed E-state index contributed by atoms with van der Waals surface area (Å²) < 4.78 is 39.8. The van der Waals surface area contributed by atoms with Gasteiger partial charge in [-0.05, 0) is 66.9 Å². The third-order valence-corrected chi connectivity index (χ3v) is 7.49. The molecule has 0 bridgehead atoms. The lowest BCUT2D eigenvalue weighted by Gasteiger charge is -2.36. The second-order valence-corrected chi connectivity index (χ2v) is 10.9. The standard InChI is InChI=1S/C27H30FN3O3S/c1-20-5-4-6-21(2)26(20)31(35(3,33)34)19-22-7-9-23(10-8-22)27(32)30-17-15-29(16-18-30)25-13-11-24(28)12-14-25/h4-14H,15-19H2,1-3H3. The van der Waals surface area contributed by atoms with E-state index in [1.54, 1.807) is 24.3 Å². The summed E-state index contributed by atoms with van der Waals surface area (Å²) in [6.45, 7) is 6.49. The minimum atomic E-state index is -3.50. The number of benzene rings is 3. The molecule has 35 heavy (non-hydrogen) atoms. The maximum absolute atomic E-state index is 13.2. The smallest absolute Gasteiger partial charge is 0.253 e. The van der Waals surface area contributed by atoms with E-state index in [4.69, 9.17) is 0 Å². The Balaban J connectivity index is 1.44. The van der Waals surface area contributed by atoms with Gasteiger partial charge < -0.3 is 9.80 Å². The van der Waals surface area contributed by atoms with Gasteiger partial charge in [0.2, 0.25) is 10.0 Å². The van der Waals surface area contributed by atoms with Gasteiger partial charge in [0.25, 0.3) is 5.91 Å². The zero-order valence-corrected chi connectivity index (χ0v) is 21.1. The molecule has 8 heteroatoms. The Bertz CT molecular complexity index is 1280. The third-order valence-electron chi connectivity index (χ3n) is 6.37. The zero-order valence-electron chi connectivity index (χ0n) is 20.2. The molecule has 4 rings (SSSR count). The molecule has 0 aliphatic carbocycles. The highest BCUT2D eigenvalue weighted by Gasteiger charge is 2.24. The van der Waals surface area contributed by atoms with Gasteiger partial charge in [0.05, 0.1) is 18.5 Å². The topological polar surface area (TPSA) is 60.9 Å². The summed E-state index contributed by atoms with van der Waals surface area (Å²) >= 11 is 0. The number of aryl methyl sites for hydroxylation is 2. The van der Waals surface area contributed by atoms with Crippen LogP contribution in [0.2, 0.25) is 0 Å². The second-order valence-electron chi connectivity index (χ2n) is 8.96. The summed E-state index contributed by atoms with van der Waals surface area (Å²) in [5.41, 5.74) is 4.79. The average molecular weight is 496 g/mol. The molecule has 1 heterocycles. The predicted molar refractivity (Wildman–Crippen MR) is 138 cm³/mol. The first-order valence-electron chi connectivity index (χ1n) is 11.6. The lowest BCUT2D eigenvalue weighted by atomic mass is 10.1. The fourth-order valence-corrected chi connectivity index (χ4v) is 5.49. The minimum absolute atomic E-state index is 0.0509. The lowest BCUT2D eigenvalue weighted by molar-refractivity contribution is 0.0746. The van der Waals surface area contributed by atoms with Crippen molar-refractivity contribution in [1.82, 2.24) is 4.90 Å². The first-order chi connectivity index (χ1) is 16.6. The van der Waals surface area contributed by atoms with Crippen LogP contribution >= 0.6 is 0 Å². The minimum Gasteiger partial charge on any atom is -0.368 e. The highest BCUT2D eigenvalue weighted by molar-refractivity contribution is 7.92. The molecule has 0 radical (unpaired) electrons. The Morgan fingerprint density at radius 1 is 0.886 bits per heavy atom. The SMILES string of the molecule is Cc1cccc(C)c1N(Cc1ccc(C(=O)N2CCN(c3ccc(F)cc3)CC2)cc1)S(C)(=O)=O. The monoisotopic (exact) mass is 495 g/mol. The molecule has 0 saturated carbocycles. The molecule has 3 aromatic rings. The van der Waals surface area contributed by atoms with Crippen LogP contribution in [0.4, 0.5) is 15.8 Å². The molecule has 0 spiro atoms. The number of nitrogens with zero attached hydrogens (tertiary/aromatic N) is 3. The maximum atomic E-state index is 13.2. The normalized spacial score (nSPS) is 14.2. The van der Waals surface area contributed by atoms with Gasteiger partial charge >= 0.3 is 0 Å². The quantitative estimate of drug-likeness (QED) is 0.510. The van der Waals surface area contributed by atoms with E-state index in [1.807, 2.05) is 49.1 Å². The van der Waals surface area contributed by atoms with Gasteiger partial charge in [0, 0.05) is 37.4 Å². The molecule has 3 aromatic carbocycles. The molecule has 1 aliphatic heterocycles. The van der Waals surface area contributed by atoms with Crippen LogP contribution in [-0.4, -0.2) is 51.7 Å². The summed E-state index contributed by atoms with van der Waals surface area (Å²) in [7, 11) is -3.50. The number of piperazine rings is 1. The van der Waals surface area contributed by atoms with Crippen molar-refractivity contribution in [2.45, 2.75) is 20.4 Å². The van der Waals surface area contributed by atoms with Gasteiger partial charge in [0.1, 0.15) is 5.82 Å². The van der Waals surface area contributed by atoms with E-state index in [0.29, 0.717) is 37.4 Å². The van der Waals surface area contributed by atoms with E-state index in [9.17, 15) is 17.6 Å². The second kappa shape index (κ2) is 10.1. The van der Waals surface area contributed by atoms with Crippen molar-refractivity contribution in [2.75, 3.05) is 41.6 Å². The van der Waals surface area contributed by atoms with Crippen molar-refractivity contribution in [1.29, 1.82) is 0 Å². The molecule has 1 aliphatic rings. The number of amides is 1. The van der Waals surface area contributed by atoms with Gasteiger partial charge in [-0.2, -0.15) is 0 Å². The molecule has 6 nitrogen and oxygen atoms in total. The molecule has 0 aromatic heterocycles. The van der Waals surface area contributed by atoms with Gasteiger partial charge in [-0.3, -0.25) is 9.10 Å².